The molecule has 116 valence electrons. The maximum absolute atomic E-state index is 10.5. The molecule has 2 aromatic heterocycles. The number of hydrogen-bond donors (Lipinski definition) is 0. The molecule has 0 spiro atoms. The highest BCUT2D eigenvalue weighted by atomic mass is 35.5. The number of rotatable bonds is 5. The van der Waals surface area contributed by atoms with Gasteiger partial charge in [-0.05, 0) is 47.5 Å². The standard InChI is InChI=1S/C14H8ClN3O4S/c15-10-3-1-2-9(8-10)13-16-17-14(22-13)23-7-6-11-4-5-12(21-11)18(19)20/h1-8H/b7-6+. The summed E-state index contributed by atoms with van der Waals surface area (Å²) in [6.45, 7) is 0. The van der Waals surface area contributed by atoms with Crippen LogP contribution in [0.4, 0.5) is 5.88 Å². The monoisotopic (exact) mass is 349 g/mol. The van der Waals surface area contributed by atoms with E-state index < -0.39 is 4.92 Å². The van der Waals surface area contributed by atoms with Crippen LogP contribution < -0.4 is 0 Å². The Kier molecular flexibility index (Phi) is 4.45. The van der Waals surface area contributed by atoms with Crippen LogP contribution >= 0.6 is 23.4 Å². The molecular weight excluding hydrogens is 342 g/mol. The lowest BCUT2D eigenvalue weighted by atomic mass is 10.2. The summed E-state index contributed by atoms with van der Waals surface area (Å²) in [5.74, 6) is 0.409. The van der Waals surface area contributed by atoms with E-state index in [1.54, 1.807) is 29.7 Å². The Hall–Kier alpha value is -2.58. The quantitative estimate of drug-likeness (QED) is 0.375. The third-order valence-corrected chi connectivity index (χ3v) is 3.55. The molecule has 0 atom stereocenters. The Labute approximate surface area is 139 Å². The number of nitro groups is 1. The molecule has 0 amide bonds. The van der Waals surface area contributed by atoms with Gasteiger partial charge in [0.25, 0.3) is 5.22 Å². The predicted octanol–water partition coefficient (Wildman–Crippen LogP) is 4.65. The molecule has 0 radical (unpaired) electrons. The fraction of sp³-hybridized carbons (Fsp3) is 0. The molecule has 0 fully saturated rings. The van der Waals surface area contributed by atoms with E-state index >= 15 is 0 Å². The first kappa shape index (κ1) is 15.3. The molecule has 23 heavy (non-hydrogen) atoms. The van der Waals surface area contributed by atoms with Gasteiger partial charge < -0.3 is 8.83 Å². The van der Waals surface area contributed by atoms with Crippen molar-refractivity contribution >= 4 is 35.3 Å². The zero-order valence-electron chi connectivity index (χ0n) is 11.4. The van der Waals surface area contributed by atoms with Crippen molar-refractivity contribution in [1.29, 1.82) is 0 Å². The second kappa shape index (κ2) is 6.67. The van der Waals surface area contributed by atoms with Crippen LogP contribution in [0.25, 0.3) is 17.5 Å². The van der Waals surface area contributed by atoms with Gasteiger partial charge in [-0.25, -0.2) is 0 Å². The van der Waals surface area contributed by atoms with Crippen LogP contribution in [0.2, 0.25) is 5.02 Å². The van der Waals surface area contributed by atoms with Crippen LogP contribution in [-0.2, 0) is 0 Å². The van der Waals surface area contributed by atoms with Gasteiger partial charge in [0.15, 0.2) is 0 Å². The van der Waals surface area contributed by atoms with Crippen molar-refractivity contribution in [3.8, 4) is 11.5 Å². The average Bonchev–Trinajstić information content (AvgIpc) is 3.17. The lowest BCUT2D eigenvalue weighted by Gasteiger charge is -1.94. The van der Waals surface area contributed by atoms with Crippen molar-refractivity contribution in [3.05, 3.63) is 62.7 Å². The SMILES string of the molecule is O=[N+]([O-])c1ccc(/C=C/Sc2nnc(-c3cccc(Cl)c3)o2)o1. The van der Waals surface area contributed by atoms with Gasteiger partial charge >= 0.3 is 5.88 Å². The number of halogens is 1. The number of hydrogen-bond acceptors (Lipinski definition) is 7. The lowest BCUT2D eigenvalue weighted by Crippen LogP contribution is -1.82. The van der Waals surface area contributed by atoms with E-state index in [0.29, 0.717) is 21.9 Å². The van der Waals surface area contributed by atoms with Crippen molar-refractivity contribution in [3.63, 3.8) is 0 Å². The van der Waals surface area contributed by atoms with Crippen molar-refractivity contribution in [2.24, 2.45) is 0 Å². The van der Waals surface area contributed by atoms with Crippen LogP contribution in [0.5, 0.6) is 0 Å². The highest BCUT2D eigenvalue weighted by Crippen LogP contribution is 2.26. The second-order valence-electron chi connectivity index (χ2n) is 4.24. The van der Waals surface area contributed by atoms with Gasteiger partial charge in [-0.15, -0.1) is 10.2 Å². The van der Waals surface area contributed by atoms with Crippen LogP contribution in [0.15, 0.2) is 55.9 Å². The highest BCUT2D eigenvalue weighted by Gasteiger charge is 2.11. The number of thioether (sulfide) groups is 1. The van der Waals surface area contributed by atoms with Crippen molar-refractivity contribution in [1.82, 2.24) is 10.2 Å². The number of benzene rings is 1. The van der Waals surface area contributed by atoms with Gasteiger partial charge in [0.05, 0.1) is 6.07 Å². The Morgan fingerprint density at radius 2 is 2.09 bits per heavy atom. The maximum atomic E-state index is 10.5. The summed E-state index contributed by atoms with van der Waals surface area (Å²) >= 11 is 7.08. The fourth-order valence-corrected chi connectivity index (χ4v) is 2.41. The first-order valence-electron chi connectivity index (χ1n) is 6.29. The molecule has 0 saturated carbocycles. The molecule has 0 aliphatic heterocycles. The number of nitrogens with zero attached hydrogens (tertiary/aromatic N) is 3. The summed E-state index contributed by atoms with van der Waals surface area (Å²) in [5, 5.41) is 20.9. The third-order valence-electron chi connectivity index (χ3n) is 2.67. The van der Waals surface area contributed by atoms with Crippen molar-refractivity contribution in [2.45, 2.75) is 5.22 Å². The Bertz CT molecular complexity index is 874. The smallest absolute Gasteiger partial charge is 0.411 e. The van der Waals surface area contributed by atoms with E-state index in [1.807, 2.05) is 6.07 Å². The van der Waals surface area contributed by atoms with Gasteiger partial charge in [0.1, 0.15) is 10.7 Å². The lowest BCUT2D eigenvalue weighted by molar-refractivity contribution is -0.402. The van der Waals surface area contributed by atoms with E-state index in [-0.39, 0.29) is 5.88 Å². The van der Waals surface area contributed by atoms with Crippen LogP contribution in [0, 0.1) is 10.1 Å². The zero-order chi connectivity index (χ0) is 16.2. The van der Waals surface area contributed by atoms with Crippen LogP contribution in [-0.4, -0.2) is 15.1 Å². The molecule has 1 aromatic carbocycles. The summed E-state index contributed by atoms with van der Waals surface area (Å²) in [4.78, 5) is 9.91. The topological polar surface area (TPSA) is 95.2 Å². The first-order valence-corrected chi connectivity index (χ1v) is 7.54. The minimum absolute atomic E-state index is 0.310. The zero-order valence-corrected chi connectivity index (χ0v) is 13.0. The second-order valence-corrected chi connectivity index (χ2v) is 5.53. The molecule has 7 nitrogen and oxygen atoms in total. The van der Waals surface area contributed by atoms with E-state index in [9.17, 15) is 10.1 Å². The van der Waals surface area contributed by atoms with Crippen molar-refractivity contribution in [2.75, 3.05) is 0 Å². The van der Waals surface area contributed by atoms with Gasteiger partial charge in [-0.1, -0.05) is 17.7 Å². The minimum atomic E-state index is -0.597. The third kappa shape index (κ3) is 3.79. The van der Waals surface area contributed by atoms with E-state index in [2.05, 4.69) is 10.2 Å². The number of furan rings is 1. The highest BCUT2D eigenvalue weighted by molar-refractivity contribution is 8.02. The molecule has 0 N–H and O–H groups in total. The summed E-state index contributed by atoms with van der Waals surface area (Å²) in [6, 6.07) is 9.86. The molecule has 3 rings (SSSR count). The van der Waals surface area contributed by atoms with Crippen molar-refractivity contribution < 1.29 is 13.8 Å². The van der Waals surface area contributed by atoms with Gasteiger partial charge in [-0.2, -0.15) is 0 Å². The summed E-state index contributed by atoms with van der Waals surface area (Å²) in [6.07, 6.45) is 1.57. The summed E-state index contributed by atoms with van der Waals surface area (Å²) < 4.78 is 10.5. The molecule has 3 aromatic rings. The largest absolute Gasteiger partial charge is 0.433 e. The molecule has 0 aliphatic carbocycles. The van der Waals surface area contributed by atoms with E-state index in [1.165, 1.54) is 23.9 Å². The molecule has 0 saturated heterocycles. The molecule has 0 bridgehead atoms. The van der Waals surface area contributed by atoms with E-state index in [0.717, 1.165) is 5.56 Å². The Balaban J connectivity index is 1.67. The minimum Gasteiger partial charge on any atom is -0.411 e. The molecule has 0 aliphatic rings. The van der Waals surface area contributed by atoms with Crippen LogP contribution in [0.1, 0.15) is 5.76 Å². The van der Waals surface area contributed by atoms with Gasteiger partial charge in [0.2, 0.25) is 5.89 Å². The molecule has 0 unspecified atom stereocenters. The summed E-state index contributed by atoms with van der Waals surface area (Å²) in [5.41, 5.74) is 0.725. The van der Waals surface area contributed by atoms with Gasteiger partial charge in [0, 0.05) is 10.6 Å². The molecule has 2 heterocycles. The van der Waals surface area contributed by atoms with Crippen LogP contribution in [0.3, 0.4) is 0 Å². The number of aromatic nitrogens is 2. The maximum Gasteiger partial charge on any atom is 0.433 e. The Morgan fingerprint density at radius 3 is 2.83 bits per heavy atom. The fourth-order valence-electron chi connectivity index (χ4n) is 1.68. The summed E-state index contributed by atoms with van der Waals surface area (Å²) in [7, 11) is 0. The predicted molar refractivity (Wildman–Crippen MR) is 85.0 cm³/mol. The normalized spacial score (nSPS) is 11.2. The average molecular weight is 350 g/mol. The first-order chi connectivity index (χ1) is 11.1. The Morgan fingerprint density at radius 1 is 1.22 bits per heavy atom. The van der Waals surface area contributed by atoms with Gasteiger partial charge in [-0.3, -0.25) is 10.1 Å². The molecule has 9 heteroatoms. The molecular formula is C14H8ClN3O4S. The van der Waals surface area contributed by atoms with E-state index in [4.69, 9.17) is 20.4 Å².